The lowest BCUT2D eigenvalue weighted by atomic mass is 10.1. The molecule has 0 radical (unpaired) electrons. The molecule has 2 rings (SSSR count). The summed E-state index contributed by atoms with van der Waals surface area (Å²) in [6.07, 6.45) is 2.78. The number of allylic oxidation sites excluding steroid dienone is 1. The first-order valence-electron chi connectivity index (χ1n) is 12.4. The van der Waals surface area contributed by atoms with Gasteiger partial charge in [-0.25, -0.2) is 0 Å². The lowest BCUT2D eigenvalue weighted by molar-refractivity contribution is 0.0996. The van der Waals surface area contributed by atoms with Crippen LogP contribution in [-0.4, -0.2) is 33.7 Å². The zero-order chi connectivity index (χ0) is 25.3. The van der Waals surface area contributed by atoms with E-state index in [-0.39, 0.29) is 12.5 Å². The molecule has 0 fully saturated rings. The monoisotopic (exact) mass is 504 g/mol. The van der Waals surface area contributed by atoms with Gasteiger partial charge in [-0.05, 0) is 47.7 Å². The molecule has 0 saturated heterocycles. The minimum atomic E-state index is -2.01. The van der Waals surface area contributed by atoms with Gasteiger partial charge in [-0.1, -0.05) is 71.9 Å². The van der Waals surface area contributed by atoms with Crippen LogP contribution in [0.5, 0.6) is 5.75 Å². The van der Waals surface area contributed by atoms with Gasteiger partial charge in [0.15, 0.2) is 0 Å². The first kappa shape index (κ1) is 28.6. The Kier molecular flexibility index (Phi) is 11.3. The van der Waals surface area contributed by atoms with E-state index in [4.69, 9.17) is 13.9 Å². The fraction of sp³-hybridized carbons (Fsp3) is 0.571. The average Bonchev–Trinajstić information content (AvgIpc) is 3.19. The van der Waals surface area contributed by atoms with Gasteiger partial charge in [-0.2, -0.15) is 0 Å². The van der Waals surface area contributed by atoms with Crippen molar-refractivity contribution in [3.8, 4) is 5.75 Å². The highest BCUT2D eigenvalue weighted by molar-refractivity contribution is 7.13. The Morgan fingerprint density at radius 1 is 1.03 bits per heavy atom. The molecule has 0 saturated carbocycles. The van der Waals surface area contributed by atoms with Gasteiger partial charge >= 0.3 is 0 Å². The van der Waals surface area contributed by atoms with E-state index in [9.17, 15) is 5.11 Å². The average molecular weight is 505 g/mol. The molecule has 190 valence electrons. The van der Waals surface area contributed by atoms with Crippen molar-refractivity contribution < 1.29 is 19.0 Å². The maximum absolute atomic E-state index is 9.67. The quantitative estimate of drug-likeness (QED) is 0.209. The van der Waals surface area contributed by atoms with Crippen molar-refractivity contribution in [2.45, 2.75) is 84.0 Å². The topological polar surface area (TPSA) is 47.9 Å². The summed E-state index contributed by atoms with van der Waals surface area (Å²) >= 11 is 1.70. The fourth-order valence-electron chi connectivity index (χ4n) is 5.07. The molecule has 0 amide bonds. The van der Waals surface area contributed by atoms with E-state index in [1.165, 1.54) is 0 Å². The van der Waals surface area contributed by atoms with E-state index >= 15 is 0 Å². The van der Waals surface area contributed by atoms with E-state index in [1.54, 1.807) is 18.4 Å². The second-order valence-corrected chi connectivity index (χ2v) is 16.5. The molecule has 4 nitrogen and oxygen atoms in total. The lowest BCUT2D eigenvalue weighted by Gasteiger charge is -2.42. The van der Waals surface area contributed by atoms with Gasteiger partial charge in [0.05, 0.1) is 31.0 Å². The Balaban J connectivity index is 2.23. The summed E-state index contributed by atoms with van der Waals surface area (Å²) in [7, 11) is -0.297. The number of hydrogen-bond acceptors (Lipinski definition) is 5. The second kappa shape index (κ2) is 13.5. The molecular formula is C28H44O4SSi. The van der Waals surface area contributed by atoms with Crippen LogP contribution in [0.4, 0.5) is 0 Å². The SMILES string of the molecule is COc1cc([C@@H](CCO)COCc2ccccc2)sc1/C=C(/C)O[Si](C(C)C)(C(C)C)C(C)C. The highest BCUT2D eigenvalue weighted by Crippen LogP contribution is 2.44. The molecular weight excluding hydrogens is 460 g/mol. The molecule has 0 unspecified atom stereocenters. The fourth-order valence-corrected chi connectivity index (χ4v) is 11.6. The first-order valence-corrected chi connectivity index (χ1v) is 15.4. The molecule has 2 aromatic rings. The normalized spacial score (nSPS) is 13.7. The number of aliphatic hydroxyl groups excluding tert-OH is 1. The van der Waals surface area contributed by atoms with E-state index in [1.807, 2.05) is 18.2 Å². The van der Waals surface area contributed by atoms with Gasteiger partial charge in [0.1, 0.15) is 5.75 Å². The Morgan fingerprint density at radius 3 is 2.18 bits per heavy atom. The van der Waals surface area contributed by atoms with E-state index in [0.29, 0.717) is 36.3 Å². The van der Waals surface area contributed by atoms with E-state index in [2.05, 4.69) is 72.7 Å². The van der Waals surface area contributed by atoms with Crippen LogP contribution in [-0.2, 0) is 15.8 Å². The summed E-state index contributed by atoms with van der Waals surface area (Å²) in [5.74, 6) is 1.92. The minimum absolute atomic E-state index is 0.117. The predicted molar refractivity (Wildman–Crippen MR) is 147 cm³/mol. The van der Waals surface area contributed by atoms with Gasteiger partial charge in [-0.15, -0.1) is 11.3 Å². The number of benzene rings is 1. The maximum atomic E-state index is 9.67. The predicted octanol–water partition coefficient (Wildman–Crippen LogP) is 7.99. The smallest absolute Gasteiger partial charge is 0.258 e. The summed E-state index contributed by atoms with van der Waals surface area (Å²) in [6.45, 7) is 17.1. The first-order chi connectivity index (χ1) is 16.1. The maximum Gasteiger partial charge on any atom is 0.258 e. The van der Waals surface area contributed by atoms with Crippen molar-refractivity contribution in [2.24, 2.45) is 0 Å². The summed E-state index contributed by atoms with van der Waals surface area (Å²) < 4.78 is 18.6. The number of rotatable bonds is 14. The van der Waals surface area contributed by atoms with Crippen molar-refractivity contribution in [1.29, 1.82) is 0 Å². The molecule has 0 bridgehead atoms. The van der Waals surface area contributed by atoms with Crippen molar-refractivity contribution in [3.63, 3.8) is 0 Å². The number of methoxy groups -OCH3 is 1. The highest BCUT2D eigenvalue weighted by Gasteiger charge is 2.46. The number of aliphatic hydroxyl groups is 1. The molecule has 0 spiro atoms. The van der Waals surface area contributed by atoms with Crippen LogP contribution < -0.4 is 4.74 Å². The molecule has 6 heteroatoms. The molecule has 0 aliphatic rings. The van der Waals surface area contributed by atoms with Gasteiger partial charge in [-0.3, -0.25) is 0 Å². The number of hydrogen-bond donors (Lipinski definition) is 1. The molecule has 1 N–H and O–H groups in total. The summed E-state index contributed by atoms with van der Waals surface area (Å²) in [5.41, 5.74) is 2.71. The Labute approximate surface area is 212 Å². The Morgan fingerprint density at radius 2 is 1.65 bits per heavy atom. The summed E-state index contributed by atoms with van der Waals surface area (Å²) in [5, 5.41) is 9.67. The van der Waals surface area contributed by atoms with Crippen molar-refractivity contribution >= 4 is 25.7 Å². The second-order valence-electron chi connectivity index (χ2n) is 9.97. The third-order valence-electron chi connectivity index (χ3n) is 6.65. The van der Waals surface area contributed by atoms with E-state index < -0.39 is 8.32 Å². The van der Waals surface area contributed by atoms with Crippen LogP contribution in [0, 0.1) is 0 Å². The third kappa shape index (κ3) is 7.20. The zero-order valence-electron chi connectivity index (χ0n) is 22.3. The van der Waals surface area contributed by atoms with Crippen molar-refractivity contribution in [3.05, 3.63) is 57.5 Å². The van der Waals surface area contributed by atoms with E-state index in [0.717, 1.165) is 26.8 Å². The van der Waals surface area contributed by atoms with Gasteiger partial charge < -0.3 is 19.0 Å². The van der Waals surface area contributed by atoms with Gasteiger partial charge in [0, 0.05) is 17.4 Å². The summed E-state index contributed by atoms with van der Waals surface area (Å²) in [4.78, 5) is 2.22. The van der Waals surface area contributed by atoms with Crippen molar-refractivity contribution in [2.75, 3.05) is 20.3 Å². The van der Waals surface area contributed by atoms with Crippen LogP contribution in [0.15, 0.2) is 42.2 Å². The molecule has 1 atom stereocenters. The van der Waals surface area contributed by atoms with Crippen LogP contribution in [0.1, 0.15) is 76.1 Å². The Hall–Kier alpha value is -1.60. The largest absolute Gasteiger partial charge is 0.546 e. The summed E-state index contributed by atoms with van der Waals surface area (Å²) in [6, 6.07) is 12.3. The van der Waals surface area contributed by atoms with Gasteiger partial charge in [0.25, 0.3) is 8.32 Å². The number of ether oxygens (including phenoxy) is 2. The molecule has 34 heavy (non-hydrogen) atoms. The Bertz CT molecular complexity index is 867. The molecule has 0 aliphatic heterocycles. The van der Waals surface area contributed by atoms with Crippen LogP contribution in [0.3, 0.4) is 0 Å². The van der Waals surface area contributed by atoms with Crippen LogP contribution >= 0.6 is 11.3 Å². The number of thiophene rings is 1. The van der Waals surface area contributed by atoms with Gasteiger partial charge in [0.2, 0.25) is 0 Å². The van der Waals surface area contributed by atoms with Crippen LogP contribution in [0.2, 0.25) is 16.6 Å². The standard InChI is InChI=1S/C28H44O4SSi/c1-20(2)34(21(3)4,22(5)6)32-23(7)16-28-26(30-8)17-27(33-28)25(14-15-29)19-31-18-24-12-10-9-11-13-24/h9-13,16-17,20-22,25,29H,14-15,18-19H2,1-8H3/b23-16-/t25-/m0/s1. The van der Waals surface area contributed by atoms with Crippen molar-refractivity contribution in [1.82, 2.24) is 0 Å². The molecule has 1 aromatic carbocycles. The zero-order valence-corrected chi connectivity index (χ0v) is 24.1. The molecule has 0 aliphatic carbocycles. The molecule has 1 aromatic heterocycles. The molecule has 1 heterocycles. The lowest BCUT2D eigenvalue weighted by Crippen LogP contribution is -2.47. The highest BCUT2D eigenvalue weighted by atomic mass is 32.1. The minimum Gasteiger partial charge on any atom is -0.546 e. The van der Waals surface area contributed by atoms with Crippen LogP contribution in [0.25, 0.3) is 6.08 Å². The third-order valence-corrected chi connectivity index (χ3v) is 14.0.